The van der Waals surface area contributed by atoms with Crippen molar-refractivity contribution < 1.29 is 0 Å². The standard InChI is InChI=1S/C19H29N3S/c1-3-14-8-9-15(12-14)13-20-22-19(4-2)21-17-6-5-7-18-16(17)10-11-23-18/h4,7,14-15,20H,2-3,5-6,8-13H2,1H3,(H,21,22). The summed E-state index contributed by atoms with van der Waals surface area (Å²) in [4.78, 5) is 6.30. The molecule has 3 rings (SSSR count). The topological polar surface area (TPSA) is 36.4 Å². The Hall–Kier alpha value is -1.00. The molecule has 23 heavy (non-hydrogen) atoms. The van der Waals surface area contributed by atoms with E-state index in [9.17, 15) is 0 Å². The molecule has 2 fully saturated rings. The van der Waals surface area contributed by atoms with Crippen LogP contribution in [0.3, 0.4) is 0 Å². The third-order valence-electron chi connectivity index (χ3n) is 5.25. The van der Waals surface area contributed by atoms with Crippen molar-refractivity contribution >= 4 is 17.6 Å². The van der Waals surface area contributed by atoms with Crippen LogP contribution in [-0.2, 0) is 0 Å². The first-order chi connectivity index (χ1) is 11.3. The Morgan fingerprint density at radius 1 is 1.39 bits per heavy atom. The second-order valence-corrected chi connectivity index (χ2v) is 7.93. The second-order valence-electron chi connectivity index (χ2n) is 6.79. The number of aliphatic imine (C=N–C) groups is 1. The summed E-state index contributed by atoms with van der Waals surface area (Å²) in [7, 11) is 0. The Morgan fingerprint density at radius 2 is 2.26 bits per heavy atom. The van der Waals surface area contributed by atoms with Crippen LogP contribution in [0.5, 0.6) is 0 Å². The molecule has 1 saturated heterocycles. The van der Waals surface area contributed by atoms with Crippen LogP contribution >= 0.6 is 11.8 Å². The van der Waals surface area contributed by atoms with Crippen LogP contribution < -0.4 is 10.9 Å². The first-order valence-corrected chi connectivity index (χ1v) is 10.0. The van der Waals surface area contributed by atoms with Crippen LogP contribution in [0.1, 0.15) is 51.9 Å². The lowest BCUT2D eigenvalue weighted by molar-refractivity contribution is 0.444. The van der Waals surface area contributed by atoms with E-state index < -0.39 is 0 Å². The van der Waals surface area contributed by atoms with Gasteiger partial charge >= 0.3 is 0 Å². The Bertz CT molecular complexity index is 533. The van der Waals surface area contributed by atoms with E-state index in [0.717, 1.165) is 43.5 Å². The van der Waals surface area contributed by atoms with Gasteiger partial charge in [0.2, 0.25) is 0 Å². The molecule has 4 heteroatoms. The molecule has 126 valence electrons. The molecule has 3 nitrogen and oxygen atoms in total. The zero-order valence-electron chi connectivity index (χ0n) is 14.2. The van der Waals surface area contributed by atoms with Gasteiger partial charge in [-0.15, -0.1) is 11.8 Å². The second kappa shape index (κ2) is 8.20. The quantitative estimate of drug-likeness (QED) is 0.425. The number of nitrogens with one attached hydrogen (secondary N) is 2. The Labute approximate surface area is 144 Å². The van der Waals surface area contributed by atoms with Gasteiger partial charge in [0, 0.05) is 22.9 Å². The predicted molar refractivity (Wildman–Crippen MR) is 101 cm³/mol. The van der Waals surface area contributed by atoms with Gasteiger partial charge in [-0.2, -0.15) is 0 Å². The first-order valence-electron chi connectivity index (χ1n) is 9.05. The van der Waals surface area contributed by atoms with E-state index >= 15 is 0 Å². The molecule has 0 radical (unpaired) electrons. The van der Waals surface area contributed by atoms with Gasteiger partial charge in [-0.3, -0.25) is 0 Å². The lowest BCUT2D eigenvalue weighted by Gasteiger charge is -2.16. The highest BCUT2D eigenvalue weighted by Gasteiger charge is 2.23. The molecule has 0 aromatic heterocycles. The van der Waals surface area contributed by atoms with Crippen LogP contribution in [0.15, 0.2) is 39.9 Å². The van der Waals surface area contributed by atoms with E-state index in [1.54, 1.807) is 0 Å². The van der Waals surface area contributed by atoms with Gasteiger partial charge < -0.3 is 5.43 Å². The lowest BCUT2D eigenvalue weighted by atomic mass is 10.0. The fraction of sp³-hybridized carbons (Fsp3) is 0.632. The number of rotatable bonds is 6. The summed E-state index contributed by atoms with van der Waals surface area (Å²) in [6.07, 6.45) is 13.0. The summed E-state index contributed by atoms with van der Waals surface area (Å²) < 4.78 is 0. The van der Waals surface area contributed by atoms with Gasteiger partial charge in [-0.25, -0.2) is 10.4 Å². The zero-order valence-corrected chi connectivity index (χ0v) is 15.1. The van der Waals surface area contributed by atoms with Crippen LogP contribution in [0.4, 0.5) is 0 Å². The molecule has 0 amide bonds. The summed E-state index contributed by atoms with van der Waals surface area (Å²) in [5.74, 6) is 3.80. The van der Waals surface area contributed by atoms with Gasteiger partial charge in [-0.05, 0) is 55.6 Å². The molecule has 2 unspecified atom stereocenters. The van der Waals surface area contributed by atoms with Gasteiger partial charge in [-0.1, -0.05) is 32.4 Å². The minimum atomic E-state index is 0.802. The third-order valence-corrected chi connectivity index (χ3v) is 6.38. The molecule has 2 atom stereocenters. The maximum atomic E-state index is 4.84. The Balaban J connectivity index is 1.54. The van der Waals surface area contributed by atoms with Crippen molar-refractivity contribution in [3.63, 3.8) is 0 Å². The fourth-order valence-electron chi connectivity index (χ4n) is 3.85. The highest BCUT2D eigenvalue weighted by atomic mass is 32.2. The summed E-state index contributed by atoms with van der Waals surface area (Å²) >= 11 is 1.97. The maximum Gasteiger partial charge on any atom is 0.139 e. The molecule has 0 aromatic rings. The zero-order chi connectivity index (χ0) is 16.1. The third kappa shape index (κ3) is 4.30. The molecule has 1 aliphatic heterocycles. The van der Waals surface area contributed by atoms with Crippen molar-refractivity contribution in [2.45, 2.75) is 51.9 Å². The average molecular weight is 332 g/mol. The predicted octanol–water partition coefficient (Wildman–Crippen LogP) is 4.56. The normalized spacial score (nSPS) is 27.9. The van der Waals surface area contributed by atoms with Crippen molar-refractivity contribution in [3.8, 4) is 0 Å². The van der Waals surface area contributed by atoms with Crippen LogP contribution in [0.2, 0.25) is 0 Å². The Kier molecular flexibility index (Phi) is 6.01. The molecule has 2 N–H and O–H groups in total. The lowest BCUT2D eigenvalue weighted by Crippen LogP contribution is -2.39. The number of amidine groups is 1. The minimum absolute atomic E-state index is 0.802. The van der Waals surface area contributed by atoms with Gasteiger partial charge in [0.1, 0.15) is 5.84 Å². The summed E-state index contributed by atoms with van der Waals surface area (Å²) in [5.41, 5.74) is 9.37. The maximum absolute atomic E-state index is 4.84. The number of nitrogens with zero attached hydrogens (tertiary/aromatic N) is 1. The van der Waals surface area contributed by atoms with E-state index in [0.29, 0.717) is 0 Å². The highest BCUT2D eigenvalue weighted by molar-refractivity contribution is 8.03. The average Bonchev–Trinajstić information content (AvgIpc) is 3.23. The summed E-state index contributed by atoms with van der Waals surface area (Å²) in [6.45, 7) is 7.25. The van der Waals surface area contributed by atoms with Gasteiger partial charge in [0.25, 0.3) is 0 Å². The number of hydrazine groups is 1. The van der Waals surface area contributed by atoms with Crippen molar-refractivity contribution in [1.29, 1.82) is 0 Å². The molecule has 3 aliphatic rings. The number of hydrogen-bond donors (Lipinski definition) is 2. The van der Waals surface area contributed by atoms with Crippen molar-refractivity contribution in [2.75, 3.05) is 12.3 Å². The molecular formula is C19H29N3S. The number of thioether (sulfide) groups is 1. The smallest absolute Gasteiger partial charge is 0.139 e. The molecule has 0 aromatic carbocycles. The molecule has 1 heterocycles. The fourth-order valence-corrected chi connectivity index (χ4v) is 5.00. The monoisotopic (exact) mass is 331 g/mol. The summed E-state index contributed by atoms with van der Waals surface area (Å²) in [6, 6.07) is 0. The molecule has 2 aliphatic carbocycles. The summed E-state index contributed by atoms with van der Waals surface area (Å²) in [5, 5.41) is 0. The van der Waals surface area contributed by atoms with Crippen LogP contribution in [0, 0.1) is 11.8 Å². The first kappa shape index (κ1) is 16.8. The molecular weight excluding hydrogens is 302 g/mol. The van der Waals surface area contributed by atoms with E-state index in [1.165, 1.54) is 47.6 Å². The largest absolute Gasteiger partial charge is 0.306 e. The number of hydrogen-bond acceptors (Lipinski definition) is 3. The number of allylic oxidation sites excluding steroid dienone is 3. The van der Waals surface area contributed by atoms with E-state index in [2.05, 4.69) is 30.4 Å². The molecule has 0 spiro atoms. The number of fused-ring (bicyclic) bond motifs is 1. The van der Waals surface area contributed by atoms with E-state index in [4.69, 9.17) is 4.99 Å². The minimum Gasteiger partial charge on any atom is -0.306 e. The van der Waals surface area contributed by atoms with Crippen LogP contribution in [-0.4, -0.2) is 18.1 Å². The Morgan fingerprint density at radius 3 is 3.04 bits per heavy atom. The van der Waals surface area contributed by atoms with Crippen molar-refractivity contribution in [2.24, 2.45) is 16.8 Å². The molecule has 0 bridgehead atoms. The van der Waals surface area contributed by atoms with Gasteiger partial charge in [0.15, 0.2) is 0 Å². The molecule has 1 saturated carbocycles. The highest BCUT2D eigenvalue weighted by Crippen LogP contribution is 2.42. The SMILES string of the molecule is C=CC(=NC1=C2CCSC2=CCC1)NNCC1CCC(CC)C1. The van der Waals surface area contributed by atoms with Crippen molar-refractivity contribution in [1.82, 2.24) is 10.9 Å². The van der Waals surface area contributed by atoms with Crippen molar-refractivity contribution in [3.05, 3.63) is 34.9 Å². The van der Waals surface area contributed by atoms with E-state index in [-0.39, 0.29) is 0 Å². The van der Waals surface area contributed by atoms with Crippen LogP contribution in [0.25, 0.3) is 0 Å². The van der Waals surface area contributed by atoms with E-state index in [1.807, 2.05) is 17.8 Å². The van der Waals surface area contributed by atoms with Gasteiger partial charge in [0.05, 0.1) is 0 Å².